The number of nitrogens with zero attached hydrogens (tertiary/aromatic N) is 1. The molecule has 1 aliphatic heterocycles. The molecule has 3 aromatic rings. The number of anilines is 1. The average molecular weight is 468 g/mol. The van der Waals surface area contributed by atoms with E-state index in [-0.39, 0.29) is 5.70 Å². The van der Waals surface area contributed by atoms with Crippen LogP contribution in [0.3, 0.4) is 0 Å². The number of hydrogen-bond donors (Lipinski definition) is 2. The maximum Gasteiger partial charge on any atom is 0.329 e. The zero-order chi connectivity index (χ0) is 22.7. The van der Waals surface area contributed by atoms with Crippen LogP contribution in [0.5, 0.6) is 5.75 Å². The van der Waals surface area contributed by atoms with Gasteiger partial charge in [0.05, 0.1) is 7.11 Å². The fourth-order valence-electron chi connectivity index (χ4n) is 3.08. The predicted molar refractivity (Wildman–Crippen MR) is 125 cm³/mol. The van der Waals surface area contributed by atoms with E-state index in [0.29, 0.717) is 16.5 Å². The molecule has 0 atom stereocenters. The summed E-state index contributed by atoms with van der Waals surface area (Å²) in [6.45, 7) is -0.394. The summed E-state index contributed by atoms with van der Waals surface area (Å²) in [6, 6.07) is 17.3. The van der Waals surface area contributed by atoms with Crippen molar-refractivity contribution in [2.24, 2.45) is 0 Å². The van der Waals surface area contributed by atoms with Crippen molar-refractivity contribution in [3.05, 3.63) is 76.3 Å². The van der Waals surface area contributed by atoms with Crippen LogP contribution >= 0.6 is 22.9 Å². The normalized spacial score (nSPS) is 14.6. The van der Waals surface area contributed by atoms with Gasteiger partial charge in [-0.3, -0.25) is 9.59 Å². The van der Waals surface area contributed by atoms with Crippen molar-refractivity contribution in [1.29, 1.82) is 0 Å². The van der Waals surface area contributed by atoms with E-state index >= 15 is 0 Å². The van der Waals surface area contributed by atoms with E-state index in [0.717, 1.165) is 20.2 Å². The number of benzene rings is 2. The lowest BCUT2D eigenvalue weighted by molar-refractivity contribution is -0.127. The number of carbonyl (C=O) groups excluding carboxylic acids is 3. The van der Waals surface area contributed by atoms with Crippen molar-refractivity contribution < 1.29 is 19.1 Å². The van der Waals surface area contributed by atoms with E-state index in [2.05, 4.69) is 10.6 Å². The van der Waals surface area contributed by atoms with E-state index in [1.165, 1.54) is 11.3 Å². The number of hydrogen-bond acceptors (Lipinski definition) is 5. The number of halogens is 1. The zero-order valence-electron chi connectivity index (χ0n) is 16.9. The monoisotopic (exact) mass is 467 g/mol. The van der Waals surface area contributed by atoms with E-state index in [9.17, 15) is 14.4 Å². The van der Waals surface area contributed by atoms with Crippen LogP contribution in [0.15, 0.2) is 66.4 Å². The molecule has 4 rings (SSSR count). The highest BCUT2D eigenvalue weighted by molar-refractivity contribution is 7.16. The van der Waals surface area contributed by atoms with Crippen LogP contribution in [0.4, 0.5) is 10.5 Å². The molecule has 1 aromatic heterocycles. The first-order valence-electron chi connectivity index (χ1n) is 9.57. The molecule has 1 saturated heterocycles. The smallest absolute Gasteiger partial charge is 0.329 e. The third-order valence-electron chi connectivity index (χ3n) is 4.68. The highest BCUT2D eigenvalue weighted by Gasteiger charge is 2.35. The number of thiophene rings is 1. The van der Waals surface area contributed by atoms with E-state index in [4.69, 9.17) is 16.3 Å². The first-order chi connectivity index (χ1) is 15.4. The highest BCUT2D eigenvalue weighted by atomic mass is 35.5. The Morgan fingerprint density at radius 2 is 1.81 bits per heavy atom. The number of amides is 4. The van der Waals surface area contributed by atoms with Gasteiger partial charge >= 0.3 is 6.03 Å². The fourth-order valence-corrected chi connectivity index (χ4v) is 4.16. The van der Waals surface area contributed by atoms with Gasteiger partial charge in [-0.05, 0) is 60.2 Å². The minimum atomic E-state index is -0.638. The second kappa shape index (κ2) is 9.25. The van der Waals surface area contributed by atoms with Crippen molar-refractivity contribution in [1.82, 2.24) is 10.2 Å². The largest absolute Gasteiger partial charge is 0.497 e. The maximum atomic E-state index is 12.7. The lowest BCUT2D eigenvalue weighted by Crippen LogP contribution is -2.38. The second-order valence-electron chi connectivity index (χ2n) is 6.87. The average Bonchev–Trinajstić information content (AvgIpc) is 3.35. The summed E-state index contributed by atoms with van der Waals surface area (Å²) in [6.07, 6.45) is 1.60. The molecule has 4 amide bonds. The van der Waals surface area contributed by atoms with Crippen LogP contribution < -0.4 is 15.4 Å². The topological polar surface area (TPSA) is 87.7 Å². The van der Waals surface area contributed by atoms with Gasteiger partial charge in [0.15, 0.2) is 0 Å². The van der Waals surface area contributed by atoms with Crippen molar-refractivity contribution in [3.63, 3.8) is 0 Å². The van der Waals surface area contributed by atoms with Gasteiger partial charge in [-0.1, -0.05) is 23.7 Å². The van der Waals surface area contributed by atoms with E-state index in [1.54, 1.807) is 37.5 Å². The minimum Gasteiger partial charge on any atom is -0.497 e. The Bertz CT molecular complexity index is 1200. The molecule has 0 spiro atoms. The lowest BCUT2D eigenvalue weighted by atomic mass is 10.2. The number of carbonyl (C=O) groups is 3. The molecule has 32 heavy (non-hydrogen) atoms. The Hall–Kier alpha value is -3.62. The summed E-state index contributed by atoms with van der Waals surface area (Å²) in [7, 11) is 1.55. The first-order valence-corrected chi connectivity index (χ1v) is 10.8. The third kappa shape index (κ3) is 4.82. The molecular formula is C23H18ClN3O4S. The Labute approximate surface area is 193 Å². The molecule has 2 aromatic carbocycles. The van der Waals surface area contributed by atoms with Crippen molar-refractivity contribution in [3.8, 4) is 16.2 Å². The van der Waals surface area contributed by atoms with Crippen LogP contribution in [-0.2, 0) is 9.59 Å². The van der Waals surface area contributed by atoms with Crippen molar-refractivity contribution in [2.75, 3.05) is 19.0 Å². The van der Waals surface area contributed by atoms with Gasteiger partial charge in [0, 0.05) is 20.5 Å². The SMILES string of the molecule is COc1ccc(NC(=O)CN2C(=O)N/C(=C\c3ccc(-c4ccc(Cl)cc4)s3)C2=O)cc1. The quantitative estimate of drug-likeness (QED) is 0.409. The van der Waals surface area contributed by atoms with Gasteiger partial charge in [-0.25, -0.2) is 9.69 Å². The van der Waals surface area contributed by atoms with Crippen LogP contribution in [0.25, 0.3) is 16.5 Å². The molecule has 1 aliphatic rings. The molecule has 0 radical (unpaired) electrons. The molecule has 162 valence electrons. The van der Waals surface area contributed by atoms with Gasteiger partial charge in [0.1, 0.15) is 18.0 Å². The van der Waals surface area contributed by atoms with Gasteiger partial charge in [0.2, 0.25) is 5.91 Å². The number of ether oxygens (including phenoxy) is 1. The Morgan fingerprint density at radius 1 is 1.09 bits per heavy atom. The maximum absolute atomic E-state index is 12.7. The van der Waals surface area contributed by atoms with Crippen LogP contribution in [0, 0.1) is 0 Å². The number of imide groups is 1. The summed E-state index contributed by atoms with van der Waals surface area (Å²) in [5, 5.41) is 5.85. The molecule has 0 saturated carbocycles. The minimum absolute atomic E-state index is 0.122. The first kappa shape index (κ1) is 21.6. The molecule has 0 aliphatic carbocycles. The standard InChI is InChI=1S/C23H18ClN3O4S/c1-31-17-8-6-16(7-9-17)25-21(28)13-27-22(29)19(26-23(27)30)12-18-10-11-20(32-18)14-2-4-15(24)5-3-14/h2-12H,13H2,1H3,(H,25,28)(H,26,30)/b19-12-. The van der Waals surface area contributed by atoms with Gasteiger partial charge in [-0.15, -0.1) is 11.3 Å². The third-order valence-corrected chi connectivity index (χ3v) is 6.01. The summed E-state index contributed by atoms with van der Waals surface area (Å²) >= 11 is 7.40. The Kier molecular flexibility index (Phi) is 6.25. The van der Waals surface area contributed by atoms with E-state index < -0.39 is 24.4 Å². The predicted octanol–water partition coefficient (Wildman–Crippen LogP) is 4.61. The molecule has 2 heterocycles. The fraction of sp³-hybridized carbons (Fsp3) is 0.0870. The molecule has 1 fully saturated rings. The number of methoxy groups -OCH3 is 1. The van der Waals surface area contributed by atoms with Crippen LogP contribution in [0.1, 0.15) is 4.88 Å². The molecule has 0 bridgehead atoms. The summed E-state index contributed by atoms with van der Waals surface area (Å²) in [4.78, 5) is 39.9. The summed E-state index contributed by atoms with van der Waals surface area (Å²) in [5.41, 5.74) is 1.66. The zero-order valence-corrected chi connectivity index (χ0v) is 18.5. The second-order valence-corrected chi connectivity index (χ2v) is 8.42. The Balaban J connectivity index is 1.42. The number of urea groups is 1. The van der Waals surface area contributed by atoms with Gasteiger partial charge < -0.3 is 15.4 Å². The molecule has 0 unspecified atom stereocenters. The molecule has 7 nitrogen and oxygen atoms in total. The lowest BCUT2D eigenvalue weighted by Gasteiger charge is -2.12. The van der Waals surface area contributed by atoms with Crippen LogP contribution in [0.2, 0.25) is 5.02 Å². The van der Waals surface area contributed by atoms with Crippen molar-refractivity contribution >= 4 is 52.5 Å². The molecule has 9 heteroatoms. The van der Waals surface area contributed by atoms with Crippen LogP contribution in [-0.4, -0.2) is 36.4 Å². The summed E-state index contributed by atoms with van der Waals surface area (Å²) in [5.74, 6) is -0.387. The number of nitrogens with one attached hydrogen (secondary N) is 2. The number of rotatable bonds is 6. The highest BCUT2D eigenvalue weighted by Crippen LogP contribution is 2.30. The van der Waals surface area contributed by atoms with Gasteiger partial charge in [0.25, 0.3) is 5.91 Å². The van der Waals surface area contributed by atoms with Crippen molar-refractivity contribution in [2.45, 2.75) is 0 Å². The molecular weight excluding hydrogens is 450 g/mol. The Morgan fingerprint density at radius 3 is 2.50 bits per heavy atom. The summed E-state index contributed by atoms with van der Waals surface area (Å²) < 4.78 is 5.07. The van der Waals surface area contributed by atoms with Gasteiger partial charge in [-0.2, -0.15) is 0 Å². The van der Waals surface area contributed by atoms with E-state index in [1.807, 2.05) is 36.4 Å². The molecule has 2 N–H and O–H groups in total.